The van der Waals surface area contributed by atoms with Crippen LogP contribution in [0, 0.1) is 6.92 Å². The number of amides is 1. The standard InChI is InChI=1S/C21H16N2O2S/c1-14-11-12-17-19(13-14)26-21(22-17)23-20(24)16-9-5-6-10-18(16)25-15-7-3-2-4-8-15/h2-13H,1H3,(H,22,23,24). The van der Waals surface area contributed by atoms with Gasteiger partial charge in [-0.15, -0.1) is 0 Å². The number of thiazole rings is 1. The molecule has 0 aliphatic heterocycles. The van der Waals surface area contributed by atoms with Crippen LogP contribution in [0.1, 0.15) is 15.9 Å². The summed E-state index contributed by atoms with van der Waals surface area (Å²) in [5.74, 6) is 0.948. The van der Waals surface area contributed by atoms with Crippen LogP contribution in [0.5, 0.6) is 11.5 Å². The van der Waals surface area contributed by atoms with Crippen LogP contribution in [0.3, 0.4) is 0 Å². The molecular weight excluding hydrogens is 344 g/mol. The van der Waals surface area contributed by atoms with Crippen LogP contribution in [0.25, 0.3) is 10.2 Å². The Balaban J connectivity index is 1.59. The highest BCUT2D eigenvalue weighted by Gasteiger charge is 2.15. The quantitative estimate of drug-likeness (QED) is 0.512. The van der Waals surface area contributed by atoms with Crippen molar-refractivity contribution in [3.05, 3.63) is 83.9 Å². The van der Waals surface area contributed by atoms with Gasteiger partial charge in [0.1, 0.15) is 11.5 Å². The number of carbonyl (C=O) groups excluding carboxylic acids is 1. The minimum absolute atomic E-state index is 0.243. The number of rotatable bonds is 4. The third-order valence-electron chi connectivity index (χ3n) is 3.87. The topological polar surface area (TPSA) is 51.2 Å². The second-order valence-electron chi connectivity index (χ2n) is 5.86. The first-order chi connectivity index (χ1) is 12.7. The van der Waals surface area contributed by atoms with E-state index in [-0.39, 0.29) is 5.91 Å². The van der Waals surface area contributed by atoms with Crippen molar-refractivity contribution >= 4 is 32.6 Å². The van der Waals surface area contributed by atoms with Gasteiger partial charge < -0.3 is 4.74 Å². The lowest BCUT2D eigenvalue weighted by Gasteiger charge is -2.10. The average Bonchev–Trinajstić information content (AvgIpc) is 3.04. The van der Waals surface area contributed by atoms with Gasteiger partial charge >= 0.3 is 0 Å². The van der Waals surface area contributed by atoms with Crippen LogP contribution in [0.15, 0.2) is 72.8 Å². The molecule has 0 radical (unpaired) electrons. The highest BCUT2D eigenvalue weighted by Crippen LogP contribution is 2.29. The van der Waals surface area contributed by atoms with Crippen molar-refractivity contribution in [2.75, 3.05) is 5.32 Å². The summed E-state index contributed by atoms with van der Waals surface area (Å²) in [6.45, 7) is 2.04. The first kappa shape index (κ1) is 16.3. The Morgan fingerprint density at radius 1 is 1.00 bits per heavy atom. The zero-order chi connectivity index (χ0) is 17.9. The van der Waals surface area contributed by atoms with E-state index < -0.39 is 0 Å². The Hall–Kier alpha value is -3.18. The molecule has 5 heteroatoms. The van der Waals surface area contributed by atoms with Gasteiger partial charge in [-0.05, 0) is 48.9 Å². The summed E-state index contributed by atoms with van der Waals surface area (Å²) >= 11 is 1.46. The molecule has 1 N–H and O–H groups in total. The fourth-order valence-electron chi connectivity index (χ4n) is 2.61. The zero-order valence-electron chi connectivity index (χ0n) is 14.1. The molecule has 1 heterocycles. The smallest absolute Gasteiger partial charge is 0.261 e. The van der Waals surface area contributed by atoms with Crippen LogP contribution in [0.2, 0.25) is 0 Å². The Bertz CT molecular complexity index is 1070. The maximum Gasteiger partial charge on any atom is 0.261 e. The highest BCUT2D eigenvalue weighted by molar-refractivity contribution is 7.22. The highest BCUT2D eigenvalue weighted by atomic mass is 32.1. The van der Waals surface area contributed by atoms with Gasteiger partial charge in [0.15, 0.2) is 5.13 Å². The van der Waals surface area contributed by atoms with Gasteiger partial charge in [-0.25, -0.2) is 4.98 Å². The van der Waals surface area contributed by atoms with Crippen molar-refractivity contribution in [2.45, 2.75) is 6.92 Å². The summed E-state index contributed by atoms with van der Waals surface area (Å²) in [7, 11) is 0. The molecule has 26 heavy (non-hydrogen) atoms. The summed E-state index contributed by atoms with van der Waals surface area (Å²) in [5, 5.41) is 3.46. The van der Waals surface area contributed by atoms with E-state index in [1.165, 1.54) is 16.9 Å². The minimum atomic E-state index is -0.243. The number of hydrogen-bond donors (Lipinski definition) is 1. The molecule has 1 aromatic heterocycles. The van der Waals surface area contributed by atoms with Gasteiger partial charge in [-0.2, -0.15) is 0 Å². The fourth-order valence-corrected chi connectivity index (χ4v) is 3.57. The molecule has 0 aliphatic carbocycles. The van der Waals surface area contributed by atoms with E-state index in [1.54, 1.807) is 12.1 Å². The van der Waals surface area contributed by atoms with E-state index in [0.717, 1.165) is 10.2 Å². The molecule has 0 fully saturated rings. The third kappa shape index (κ3) is 3.43. The second kappa shape index (κ2) is 6.98. The maximum atomic E-state index is 12.7. The fraction of sp³-hybridized carbons (Fsp3) is 0.0476. The molecule has 4 rings (SSSR count). The molecule has 0 saturated carbocycles. The SMILES string of the molecule is Cc1ccc2nc(NC(=O)c3ccccc3Oc3ccccc3)sc2c1. The number of benzene rings is 3. The lowest BCUT2D eigenvalue weighted by Crippen LogP contribution is -2.12. The number of fused-ring (bicyclic) bond motifs is 1. The molecule has 0 atom stereocenters. The number of ether oxygens (including phenoxy) is 1. The average molecular weight is 360 g/mol. The second-order valence-corrected chi connectivity index (χ2v) is 6.89. The van der Waals surface area contributed by atoms with Gasteiger partial charge in [-0.3, -0.25) is 10.1 Å². The van der Waals surface area contributed by atoms with Crippen LogP contribution < -0.4 is 10.1 Å². The molecule has 0 aliphatic rings. The number of aryl methyl sites for hydroxylation is 1. The van der Waals surface area contributed by atoms with Crippen molar-refractivity contribution in [3.63, 3.8) is 0 Å². The van der Waals surface area contributed by atoms with Crippen molar-refractivity contribution < 1.29 is 9.53 Å². The summed E-state index contributed by atoms with van der Waals surface area (Å²) in [6.07, 6.45) is 0. The predicted octanol–water partition coefficient (Wildman–Crippen LogP) is 5.65. The summed E-state index contributed by atoms with van der Waals surface area (Å²) in [4.78, 5) is 17.2. The molecule has 0 spiro atoms. The lowest BCUT2D eigenvalue weighted by molar-refractivity contribution is 0.102. The first-order valence-electron chi connectivity index (χ1n) is 8.19. The number of anilines is 1. The largest absolute Gasteiger partial charge is 0.457 e. The van der Waals surface area contributed by atoms with E-state index in [9.17, 15) is 4.79 Å². The molecular formula is C21H16N2O2S. The Labute approximate surface area is 155 Å². The maximum absolute atomic E-state index is 12.7. The zero-order valence-corrected chi connectivity index (χ0v) is 14.9. The van der Waals surface area contributed by atoms with Crippen molar-refractivity contribution in [1.82, 2.24) is 4.98 Å². The number of hydrogen-bond acceptors (Lipinski definition) is 4. The van der Waals surface area contributed by atoms with Crippen LogP contribution in [0.4, 0.5) is 5.13 Å². The van der Waals surface area contributed by atoms with Gasteiger partial charge in [0.05, 0.1) is 15.8 Å². The molecule has 0 bridgehead atoms. The minimum Gasteiger partial charge on any atom is -0.457 e. The lowest BCUT2D eigenvalue weighted by atomic mass is 10.2. The van der Waals surface area contributed by atoms with Crippen molar-refractivity contribution in [1.29, 1.82) is 0 Å². The molecule has 3 aromatic carbocycles. The van der Waals surface area contributed by atoms with Gasteiger partial charge in [0, 0.05) is 0 Å². The number of para-hydroxylation sites is 2. The van der Waals surface area contributed by atoms with E-state index in [0.29, 0.717) is 22.2 Å². The molecule has 128 valence electrons. The Morgan fingerprint density at radius 3 is 2.62 bits per heavy atom. The van der Waals surface area contributed by atoms with E-state index >= 15 is 0 Å². The van der Waals surface area contributed by atoms with Crippen molar-refractivity contribution in [3.8, 4) is 11.5 Å². The van der Waals surface area contributed by atoms with Gasteiger partial charge in [-0.1, -0.05) is 47.7 Å². The number of nitrogens with zero attached hydrogens (tertiary/aromatic N) is 1. The van der Waals surface area contributed by atoms with E-state index in [4.69, 9.17) is 4.74 Å². The molecule has 1 amide bonds. The number of carbonyl (C=O) groups is 1. The third-order valence-corrected chi connectivity index (χ3v) is 4.80. The van der Waals surface area contributed by atoms with Crippen LogP contribution in [-0.2, 0) is 0 Å². The summed E-state index contributed by atoms with van der Waals surface area (Å²) < 4.78 is 6.92. The number of aromatic nitrogens is 1. The molecule has 0 saturated heterocycles. The molecule has 0 unspecified atom stereocenters. The van der Waals surface area contributed by atoms with Gasteiger partial charge in [0.25, 0.3) is 5.91 Å². The Morgan fingerprint density at radius 2 is 1.77 bits per heavy atom. The van der Waals surface area contributed by atoms with Crippen LogP contribution >= 0.6 is 11.3 Å². The Kier molecular flexibility index (Phi) is 4.37. The normalized spacial score (nSPS) is 10.7. The first-order valence-corrected chi connectivity index (χ1v) is 9.01. The predicted molar refractivity (Wildman–Crippen MR) is 105 cm³/mol. The van der Waals surface area contributed by atoms with E-state index in [2.05, 4.69) is 16.4 Å². The number of nitrogens with one attached hydrogen (secondary N) is 1. The van der Waals surface area contributed by atoms with Crippen LogP contribution in [-0.4, -0.2) is 10.9 Å². The molecule has 4 nitrogen and oxygen atoms in total. The van der Waals surface area contributed by atoms with Gasteiger partial charge in [0.2, 0.25) is 0 Å². The summed E-state index contributed by atoms with van der Waals surface area (Å²) in [5.41, 5.74) is 2.51. The molecule has 4 aromatic rings. The van der Waals surface area contributed by atoms with E-state index in [1.807, 2.05) is 61.5 Å². The van der Waals surface area contributed by atoms with Crippen molar-refractivity contribution in [2.24, 2.45) is 0 Å². The monoisotopic (exact) mass is 360 g/mol. The summed E-state index contributed by atoms with van der Waals surface area (Å²) in [6, 6.07) is 22.6.